The molecule has 0 spiro atoms. The minimum absolute atomic E-state index is 0.204. The second kappa shape index (κ2) is 6.56. The first-order valence-corrected chi connectivity index (χ1v) is 9.65. The van der Waals surface area contributed by atoms with Crippen molar-refractivity contribution in [2.75, 3.05) is 20.2 Å². The number of fused-ring (bicyclic) bond motifs is 5. The highest BCUT2D eigenvalue weighted by molar-refractivity contribution is 6.15. The van der Waals surface area contributed by atoms with Crippen LogP contribution in [0, 0.1) is 0 Å². The van der Waals surface area contributed by atoms with Crippen molar-refractivity contribution in [2.45, 2.75) is 25.8 Å². The fourth-order valence-electron chi connectivity index (χ4n) is 4.29. The summed E-state index contributed by atoms with van der Waals surface area (Å²) >= 11 is 0. The maximum absolute atomic E-state index is 13.0. The molecular weight excluding hydrogens is 356 g/mol. The van der Waals surface area contributed by atoms with Gasteiger partial charge in [0.25, 0.3) is 5.56 Å². The van der Waals surface area contributed by atoms with Crippen LogP contribution in [0.4, 0.5) is 0 Å². The van der Waals surface area contributed by atoms with Gasteiger partial charge in [-0.1, -0.05) is 6.42 Å². The van der Waals surface area contributed by atoms with Gasteiger partial charge in [-0.25, -0.2) is 0 Å². The van der Waals surface area contributed by atoms with Gasteiger partial charge in [0.05, 0.1) is 18.0 Å². The van der Waals surface area contributed by atoms with Crippen LogP contribution in [0.2, 0.25) is 0 Å². The first-order valence-electron chi connectivity index (χ1n) is 9.65. The number of furan rings is 1. The fourth-order valence-corrected chi connectivity index (χ4v) is 4.29. The van der Waals surface area contributed by atoms with E-state index in [-0.39, 0.29) is 11.3 Å². The van der Waals surface area contributed by atoms with E-state index >= 15 is 0 Å². The first kappa shape index (κ1) is 17.1. The standard InChI is InChI=1S/C22H22N2O4/c1-27-13-5-6-14-16(11-13)23-22(26)20-19-15(12-24-9-3-2-4-10-24)17(25)7-8-18(19)28-21(14)20/h5-8,11,25H,2-4,9-10,12H2,1H3,(H,23,26). The zero-order chi connectivity index (χ0) is 19.3. The Kier molecular flexibility index (Phi) is 4.02. The van der Waals surface area contributed by atoms with E-state index in [0.717, 1.165) is 36.9 Å². The molecule has 0 saturated carbocycles. The summed E-state index contributed by atoms with van der Waals surface area (Å²) in [7, 11) is 1.59. The molecule has 0 radical (unpaired) electrons. The van der Waals surface area contributed by atoms with Crippen LogP contribution in [0.25, 0.3) is 32.8 Å². The van der Waals surface area contributed by atoms with Crippen molar-refractivity contribution in [1.82, 2.24) is 9.88 Å². The Labute approximate surface area is 161 Å². The van der Waals surface area contributed by atoms with E-state index in [1.165, 1.54) is 6.42 Å². The molecule has 6 nitrogen and oxygen atoms in total. The zero-order valence-electron chi connectivity index (χ0n) is 15.7. The molecular formula is C22H22N2O4. The number of piperidine rings is 1. The van der Waals surface area contributed by atoms with Gasteiger partial charge in [-0.05, 0) is 50.2 Å². The monoisotopic (exact) mass is 378 g/mol. The van der Waals surface area contributed by atoms with E-state index in [1.54, 1.807) is 25.3 Å². The summed E-state index contributed by atoms with van der Waals surface area (Å²) < 4.78 is 11.4. The van der Waals surface area contributed by atoms with E-state index in [2.05, 4.69) is 9.88 Å². The number of aromatic hydroxyl groups is 1. The third kappa shape index (κ3) is 2.64. The van der Waals surface area contributed by atoms with Gasteiger partial charge in [0.1, 0.15) is 22.7 Å². The normalized spacial score (nSPS) is 15.6. The predicted octanol–water partition coefficient (Wildman–Crippen LogP) is 4.13. The van der Waals surface area contributed by atoms with E-state index in [0.29, 0.717) is 39.7 Å². The van der Waals surface area contributed by atoms with E-state index in [4.69, 9.17) is 9.15 Å². The van der Waals surface area contributed by atoms with Crippen molar-refractivity contribution >= 4 is 32.8 Å². The van der Waals surface area contributed by atoms with Gasteiger partial charge in [0.15, 0.2) is 0 Å². The van der Waals surface area contributed by atoms with Crippen LogP contribution in [-0.2, 0) is 6.54 Å². The van der Waals surface area contributed by atoms with Crippen LogP contribution >= 0.6 is 0 Å². The maximum atomic E-state index is 13.0. The quantitative estimate of drug-likeness (QED) is 0.560. The SMILES string of the molecule is COc1ccc2c(c1)[nH]c(=O)c1c2oc2ccc(O)c(CN3CCCCC3)c21. The largest absolute Gasteiger partial charge is 0.508 e. The van der Waals surface area contributed by atoms with Crippen LogP contribution < -0.4 is 10.3 Å². The van der Waals surface area contributed by atoms with Crippen molar-refractivity contribution in [3.8, 4) is 11.5 Å². The smallest absolute Gasteiger partial charge is 0.260 e. The number of nitrogens with one attached hydrogen (secondary N) is 1. The average Bonchev–Trinajstić information content (AvgIpc) is 3.11. The molecule has 3 heterocycles. The molecule has 1 saturated heterocycles. The number of aromatic amines is 1. The molecule has 2 aromatic carbocycles. The Morgan fingerprint density at radius 1 is 1.14 bits per heavy atom. The number of benzene rings is 2. The van der Waals surface area contributed by atoms with Gasteiger partial charge >= 0.3 is 0 Å². The van der Waals surface area contributed by atoms with E-state index < -0.39 is 0 Å². The third-order valence-corrected chi connectivity index (χ3v) is 5.72. The summed E-state index contributed by atoms with van der Waals surface area (Å²) in [6.07, 6.45) is 3.57. The maximum Gasteiger partial charge on any atom is 0.260 e. The molecule has 0 aliphatic carbocycles. The van der Waals surface area contributed by atoms with Crippen molar-refractivity contribution in [2.24, 2.45) is 0 Å². The molecule has 0 bridgehead atoms. The molecule has 0 unspecified atom stereocenters. The van der Waals surface area contributed by atoms with Crippen LogP contribution in [0.5, 0.6) is 11.5 Å². The van der Waals surface area contributed by atoms with E-state index in [1.807, 2.05) is 12.1 Å². The highest BCUT2D eigenvalue weighted by Crippen LogP contribution is 2.37. The molecule has 6 heteroatoms. The lowest BCUT2D eigenvalue weighted by molar-refractivity contribution is 0.219. The number of aromatic nitrogens is 1. The van der Waals surface area contributed by atoms with Crippen molar-refractivity contribution in [1.29, 1.82) is 0 Å². The van der Waals surface area contributed by atoms with Crippen LogP contribution in [0.3, 0.4) is 0 Å². The van der Waals surface area contributed by atoms with Crippen LogP contribution in [0.15, 0.2) is 39.5 Å². The molecule has 0 amide bonds. The molecule has 0 atom stereocenters. The number of hydrogen-bond donors (Lipinski definition) is 2. The number of likely N-dealkylation sites (tertiary alicyclic amines) is 1. The van der Waals surface area contributed by atoms with Gasteiger partial charge in [0.2, 0.25) is 0 Å². The number of H-pyrrole nitrogens is 1. The second-order valence-corrected chi connectivity index (χ2v) is 7.45. The number of phenolic OH excluding ortho intramolecular Hbond substituents is 1. The zero-order valence-corrected chi connectivity index (χ0v) is 15.7. The minimum Gasteiger partial charge on any atom is -0.508 e. The Bertz CT molecular complexity index is 1250. The summed E-state index contributed by atoms with van der Waals surface area (Å²) in [6, 6.07) is 8.91. The topological polar surface area (TPSA) is 78.7 Å². The molecule has 28 heavy (non-hydrogen) atoms. The molecule has 4 aromatic rings. The molecule has 2 N–H and O–H groups in total. The lowest BCUT2D eigenvalue weighted by atomic mass is 10.0. The van der Waals surface area contributed by atoms with Gasteiger partial charge in [-0.2, -0.15) is 0 Å². The van der Waals surface area contributed by atoms with E-state index in [9.17, 15) is 9.90 Å². The summed E-state index contributed by atoms with van der Waals surface area (Å²) in [4.78, 5) is 18.2. The number of phenols is 1. The minimum atomic E-state index is -0.222. The Morgan fingerprint density at radius 3 is 2.75 bits per heavy atom. The molecule has 1 aliphatic rings. The van der Waals surface area contributed by atoms with Gasteiger partial charge < -0.3 is 19.2 Å². The highest BCUT2D eigenvalue weighted by Gasteiger charge is 2.21. The summed E-state index contributed by atoms with van der Waals surface area (Å²) in [5.41, 5.74) is 2.37. The van der Waals surface area contributed by atoms with Crippen LogP contribution in [0.1, 0.15) is 24.8 Å². The lowest BCUT2D eigenvalue weighted by Gasteiger charge is -2.26. The van der Waals surface area contributed by atoms with Crippen molar-refractivity contribution < 1.29 is 14.3 Å². The summed E-state index contributed by atoms with van der Waals surface area (Å²) in [6.45, 7) is 2.62. The Morgan fingerprint density at radius 2 is 1.96 bits per heavy atom. The Hall–Kier alpha value is -2.99. The van der Waals surface area contributed by atoms with Crippen molar-refractivity contribution in [3.63, 3.8) is 0 Å². The predicted molar refractivity (Wildman–Crippen MR) is 109 cm³/mol. The number of ether oxygens (including phenoxy) is 1. The van der Waals surface area contributed by atoms with Crippen molar-refractivity contribution in [3.05, 3.63) is 46.2 Å². The first-order chi connectivity index (χ1) is 13.7. The third-order valence-electron chi connectivity index (χ3n) is 5.72. The van der Waals surface area contributed by atoms with Gasteiger partial charge in [-0.15, -0.1) is 0 Å². The van der Waals surface area contributed by atoms with Crippen LogP contribution in [-0.4, -0.2) is 35.2 Å². The number of pyridine rings is 1. The van der Waals surface area contributed by atoms with Gasteiger partial charge in [0, 0.05) is 28.9 Å². The second-order valence-electron chi connectivity index (χ2n) is 7.45. The van der Waals surface area contributed by atoms with Gasteiger partial charge in [-0.3, -0.25) is 9.69 Å². The number of hydrogen-bond acceptors (Lipinski definition) is 5. The highest BCUT2D eigenvalue weighted by atomic mass is 16.5. The molecule has 1 aliphatic heterocycles. The number of nitrogens with zero attached hydrogens (tertiary/aromatic N) is 1. The molecule has 5 rings (SSSR count). The average molecular weight is 378 g/mol. The fraction of sp³-hybridized carbons (Fsp3) is 0.318. The molecule has 144 valence electrons. The molecule has 1 fully saturated rings. The molecule has 2 aromatic heterocycles. The summed E-state index contributed by atoms with van der Waals surface area (Å²) in [5.74, 6) is 0.872. The Balaban J connectivity index is 1.79. The number of methoxy groups -OCH3 is 1. The summed E-state index contributed by atoms with van der Waals surface area (Å²) in [5, 5.41) is 12.6. The number of rotatable bonds is 3. The lowest BCUT2D eigenvalue weighted by Crippen LogP contribution is -2.29.